The average Bonchev–Trinajstić information content (AvgIpc) is 2.33. The van der Waals surface area contributed by atoms with Crippen LogP contribution in [0.15, 0.2) is 12.1 Å². The summed E-state index contributed by atoms with van der Waals surface area (Å²) in [5.41, 5.74) is 6.40. The van der Waals surface area contributed by atoms with E-state index in [1.165, 1.54) is 13.2 Å². The Hall–Kier alpha value is -1.18. The molecule has 8 heteroatoms. The van der Waals surface area contributed by atoms with Gasteiger partial charge in [0.1, 0.15) is 6.61 Å². The van der Waals surface area contributed by atoms with Crippen molar-refractivity contribution in [2.75, 3.05) is 20.3 Å². The molecule has 0 spiro atoms. The lowest BCUT2D eigenvalue weighted by Gasteiger charge is -2.17. The third-order valence-electron chi connectivity index (χ3n) is 2.45. The molecule has 1 aromatic carbocycles. The maximum Gasteiger partial charge on any atom is 0.522 e. The molecule has 0 aliphatic rings. The number of benzene rings is 1. The summed E-state index contributed by atoms with van der Waals surface area (Å²) in [6.45, 7) is 0.903. The van der Waals surface area contributed by atoms with Gasteiger partial charge in [0.25, 0.3) is 0 Å². The van der Waals surface area contributed by atoms with Crippen molar-refractivity contribution in [3.8, 4) is 11.5 Å². The maximum atomic E-state index is 11.9. The molecular formula is C13H17ClF3NO3. The molecule has 21 heavy (non-hydrogen) atoms. The molecule has 1 rings (SSSR count). The third-order valence-corrected chi connectivity index (χ3v) is 2.67. The lowest BCUT2D eigenvalue weighted by Crippen LogP contribution is -2.20. The van der Waals surface area contributed by atoms with E-state index in [0.29, 0.717) is 28.5 Å². The quantitative estimate of drug-likeness (QED) is 0.782. The van der Waals surface area contributed by atoms with E-state index in [-0.39, 0.29) is 12.6 Å². The van der Waals surface area contributed by atoms with Crippen LogP contribution < -0.4 is 15.2 Å². The van der Waals surface area contributed by atoms with E-state index >= 15 is 0 Å². The molecule has 0 heterocycles. The zero-order valence-electron chi connectivity index (χ0n) is 11.7. The highest BCUT2D eigenvalue weighted by Gasteiger charge is 2.28. The summed E-state index contributed by atoms with van der Waals surface area (Å²) in [4.78, 5) is 0. The second-order valence-electron chi connectivity index (χ2n) is 4.42. The fourth-order valence-corrected chi connectivity index (χ4v) is 1.97. The van der Waals surface area contributed by atoms with E-state index in [9.17, 15) is 13.2 Å². The summed E-state index contributed by atoms with van der Waals surface area (Å²) >= 11 is 5.96. The minimum atomic E-state index is -4.68. The monoisotopic (exact) mass is 327 g/mol. The Labute approximate surface area is 125 Å². The van der Waals surface area contributed by atoms with Crippen LogP contribution >= 0.6 is 11.6 Å². The molecule has 1 atom stereocenters. The summed E-state index contributed by atoms with van der Waals surface area (Å²) in [6, 6.07) is 3.00. The van der Waals surface area contributed by atoms with Crippen LogP contribution in [0.3, 0.4) is 0 Å². The predicted molar refractivity (Wildman–Crippen MR) is 72.9 cm³/mol. The van der Waals surface area contributed by atoms with Gasteiger partial charge in [-0.1, -0.05) is 11.6 Å². The second-order valence-corrected chi connectivity index (χ2v) is 4.86. The molecule has 4 nitrogen and oxygen atoms in total. The van der Waals surface area contributed by atoms with Crippen molar-refractivity contribution in [1.82, 2.24) is 0 Å². The normalized spacial score (nSPS) is 13.1. The van der Waals surface area contributed by atoms with E-state index < -0.39 is 13.0 Å². The smallest absolute Gasteiger partial charge is 0.493 e. The van der Waals surface area contributed by atoms with Crippen LogP contribution in [0, 0.1) is 0 Å². The first kappa shape index (κ1) is 17.9. The molecule has 0 radical (unpaired) electrons. The van der Waals surface area contributed by atoms with Gasteiger partial charge in [-0.3, -0.25) is 4.74 Å². The predicted octanol–water partition coefficient (Wildman–Crippen LogP) is 3.15. The molecule has 0 aromatic heterocycles. The van der Waals surface area contributed by atoms with Gasteiger partial charge < -0.3 is 15.2 Å². The van der Waals surface area contributed by atoms with Gasteiger partial charge in [0.15, 0.2) is 11.5 Å². The lowest BCUT2D eigenvalue weighted by molar-refractivity contribution is -0.325. The van der Waals surface area contributed by atoms with Crippen molar-refractivity contribution in [2.24, 2.45) is 5.73 Å². The van der Waals surface area contributed by atoms with Gasteiger partial charge in [-0.25, -0.2) is 0 Å². The molecule has 0 amide bonds. The Balaban J connectivity index is 2.82. The molecule has 0 bridgehead atoms. The van der Waals surface area contributed by atoms with Crippen molar-refractivity contribution >= 4 is 11.6 Å². The molecule has 0 saturated carbocycles. The van der Waals surface area contributed by atoms with E-state index in [2.05, 4.69) is 4.74 Å². The largest absolute Gasteiger partial charge is 0.522 e. The Morgan fingerprint density at radius 1 is 1.29 bits per heavy atom. The Bertz CT molecular complexity index is 467. The SMILES string of the molecule is COc1cc(Cl)cc(CC(C)N)c1OCCOC(F)(F)F. The first-order valence-corrected chi connectivity index (χ1v) is 6.56. The highest BCUT2D eigenvalue weighted by Crippen LogP contribution is 2.35. The topological polar surface area (TPSA) is 53.7 Å². The molecule has 1 unspecified atom stereocenters. The fourth-order valence-electron chi connectivity index (χ4n) is 1.74. The summed E-state index contributed by atoms with van der Waals surface area (Å²) in [5, 5.41) is 0.432. The van der Waals surface area contributed by atoms with Crippen molar-refractivity contribution in [3.05, 3.63) is 22.7 Å². The maximum absolute atomic E-state index is 11.9. The molecule has 0 saturated heterocycles. The van der Waals surface area contributed by atoms with E-state index in [1.807, 2.05) is 0 Å². The number of halogens is 4. The van der Waals surface area contributed by atoms with Crippen LogP contribution in [0.5, 0.6) is 11.5 Å². The lowest BCUT2D eigenvalue weighted by atomic mass is 10.1. The van der Waals surface area contributed by atoms with Gasteiger partial charge in [-0.05, 0) is 19.4 Å². The molecule has 120 valence electrons. The minimum absolute atomic E-state index is 0.165. The molecular weight excluding hydrogens is 311 g/mol. The number of nitrogens with two attached hydrogens (primary N) is 1. The van der Waals surface area contributed by atoms with Crippen molar-refractivity contribution in [3.63, 3.8) is 0 Å². The average molecular weight is 328 g/mol. The van der Waals surface area contributed by atoms with Crippen molar-refractivity contribution < 1.29 is 27.4 Å². The Morgan fingerprint density at radius 2 is 1.95 bits per heavy atom. The summed E-state index contributed by atoms with van der Waals surface area (Å²) in [6.07, 6.45) is -4.23. The van der Waals surface area contributed by atoms with Gasteiger partial charge in [-0.15, -0.1) is 13.2 Å². The van der Waals surface area contributed by atoms with Gasteiger partial charge in [-0.2, -0.15) is 0 Å². The number of alkyl halides is 3. The number of hydrogen-bond donors (Lipinski definition) is 1. The van der Waals surface area contributed by atoms with E-state index in [4.69, 9.17) is 26.8 Å². The highest BCUT2D eigenvalue weighted by atomic mass is 35.5. The summed E-state index contributed by atoms with van der Waals surface area (Å²) in [5.74, 6) is 0.662. The van der Waals surface area contributed by atoms with E-state index in [0.717, 1.165) is 0 Å². The zero-order chi connectivity index (χ0) is 16.0. The van der Waals surface area contributed by atoms with Crippen LogP contribution in [0.4, 0.5) is 13.2 Å². The second kappa shape index (κ2) is 7.72. The van der Waals surface area contributed by atoms with Gasteiger partial charge >= 0.3 is 6.36 Å². The highest BCUT2D eigenvalue weighted by molar-refractivity contribution is 6.30. The van der Waals surface area contributed by atoms with Gasteiger partial charge in [0, 0.05) is 22.7 Å². The van der Waals surface area contributed by atoms with Crippen LogP contribution in [-0.2, 0) is 11.2 Å². The number of hydrogen-bond acceptors (Lipinski definition) is 4. The first-order chi connectivity index (χ1) is 9.73. The minimum Gasteiger partial charge on any atom is -0.493 e. The standard InChI is InChI=1S/C13H17ClF3NO3/c1-8(18)5-9-6-10(14)7-11(19-2)12(9)20-3-4-21-13(15,16)17/h6-8H,3-5,18H2,1-2H3. The molecule has 0 aliphatic carbocycles. The fraction of sp³-hybridized carbons (Fsp3) is 0.538. The summed E-state index contributed by atoms with van der Waals surface area (Å²) < 4.78 is 49.8. The van der Waals surface area contributed by atoms with Gasteiger partial charge in [0.2, 0.25) is 0 Å². The summed E-state index contributed by atoms with van der Waals surface area (Å²) in [7, 11) is 1.42. The van der Waals surface area contributed by atoms with Crippen molar-refractivity contribution in [2.45, 2.75) is 25.7 Å². The zero-order valence-corrected chi connectivity index (χ0v) is 12.4. The van der Waals surface area contributed by atoms with E-state index in [1.54, 1.807) is 13.0 Å². The first-order valence-electron chi connectivity index (χ1n) is 6.18. The molecule has 0 aliphatic heterocycles. The van der Waals surface area contributed by atoms with Crippen LogP contribution in [0.25, 0.3) is 0 Å². The Morgan fingerprint density at radius 3 is 2.48 bits per heavy atom. The number of methoxy groups -OCH3 is 1. The third kappa shape index (κ3) is 6.41. The molecule has 0 fully saturated rings. The number of ether oxygens (including phenoxy) is 3. The van der Waals surface area contributed by atoms with Gasteiger partial charge in [0.05, 0.1) is 13.7 Å². The molecule has 1 aromatic rings. The molecule has 2 N–H and O–H groups in total. The van der Waals surface area contributed by atoms with Crippen LogP contribution in [0.2, 0.25) is 5.02 Å². The van der Waals surface area contributed by atoms with Crippen LogP contribution in [0.1, 0.15) is 12.5 Å². The Kier molecular flexibility index (Phi) is 6.57. The number of rotatable bonds is 7. The van der Waals surface area contributed by atoms with Crippen molar-refractivity contribution in [1.29, 1.82) is 0 Å². The van der Waals surface area contributed by atoms with Crippen LogP contribution in [-0.4, -0.2) is 32.7 Å².